The summed E-state index contributed by atoms with van der Waals surface area (Å²) in [7, 11) is 0. The summed E-state index contributed by atoms with van der Waals surface area (Å²) in [5.41, 5.74) is 4.53. The first kappa shape index (κ1) is 11.4. The van der Waals surface area contributed by atoms with Gasteiger partial charge in [-0.05, 0) is 55.0 Å². The van der Waals surface area contributed by atoms with Gasteiger partial charge in [-0.3, -0.25) is 0 Å². The van der Waals surface area contributed by atoms with Crippen molar-refractivity contribution in [3.63, 3.8) is 0 Å². The molecule has 2 aromatic carbocycles. The van der Waals surface area contributed by atoms with Crippen LogP contribution in [0, 0.1) is 10.9 Å². The topological polar surface area (TPSA) is 27.8 Å². The molecule has 90 valence electrons. The first-order chi connectivity index (χ1) is 8.70. The van der Waals surface area contributed by atoms with E-state index in [0.29, 0.717) is 0 Å². The van der Waals surface area contributed by atoms with Crippen LogP contribution in [0.3, 0.4) is 0 Å². The van der Waals surface area contributed by atoms with Gasteiger partial charge >= 0.3 is 0 Å². The Morgan fingerprint density at radius 2 is 1.94 bits per heavy atom. The third-order valence-corrected chi connectivity index (χ3v) is 3.92. The zero-order valence-electron chi connectivity index (χ0n) is 9.86. The average molecular weight is 272 g/mol. The third-order valence-electron chi connectivity index (χ3n) is 2.73. The number of benzene rings is 2. The predicted octanol–water partition coefficient (Wildman–Crippen LogP) is 5.01. The SMILES string of the molecule is Cc1cccc(Nc2ccc3[nH]c(=S)sc3c2)c1. The highest BCUT2D eigenvalue weighted by Crippen LogP contribution is 2.25. The monoisotopic (exact) mass is 272 g/mol. The molecular weight excluding hydrogens is 260 g/mol. The van der Waals surface area contributed by atoms with E-state index in [1.54, 1.807) is 11.3 Å². The van der Waals surface area contributed by atoms with E-state index < -0.39 is 0 Å². The number of fused-ring (bicyclic) bond motifs is 1. The smallest absolute Gasteiger partial charge is 0.159 e. The van der Waals surface area contributed by atoms with E-state index in [2.05, 4.69) is 59.7 Å². The summed E-state index contributed by atoms with van der Waals surface area (Å²) in [4.78, 5) is 3.16. The average Bonchev–Trinajstić information content (AvgIpc) is 2.68. The van der Waals surface area contributed by atoms with Crippen LogP contribution < -0.4 is 5.32 Å². The maximum absolute atomic E-state index is 5.15. The molecule has 0 spiro atoms. The van der Waals surface area contributed by atoms with Crippen LogP contribution in [-0.2, 0) is 0 Å². The molecule has 0 atom stereocenters. The molecule has 1 heterocycles. The molecular formula is C14H12N2S2. The molecule has 18 heavy (non-hydrogen) atoms. The number of H-pyrrole nitrogens is 1. The van der Waals surface area contributed by atoms with Crippen LogP contribution >= 0.6 is 23.6 Å². The lowest BCUT2D eigenvalue weighted by Crippen LogP contribution is -1.89. The minimum Gasteiger partial charge on any atom is -0.355 e. The number of hydrogen-bond acceptors (Lipinski definition) is 3. The van der Waals surface area contributed by atoms with Crippen LogP contribution in [0.4, 0.5) is 11.4 Å². The standard InChI is InChI=1S/C14H12N2S2/c1-9-3-2-4-10(7-9)15-11-5-6-12-13(8-11)18-14(17)16-12/h2-8,15H,1H3,(H,16,17). The molecule has 0 aliphatic carbocycles. The molecule has 2 nitrogen and oxygen atoms in total. The number of aryl methyl sites for hydroxylation is 1. The highest BCUT2D eigenvalue weighted by molar-refractivity contribution is 7.73. The van der Waals surface area contributed by atoms with Crippen LogP contribution in [0.5, 0.6) is 0 Å². The van der Waals surface area contributed by atoms with Gasteiger partial charge in [0.05, 0.1) is 10.2 Å². The summed E-state index contributed by atoms with van der Waals surface area (Å²) >= 11 is 6.74. The molecule has 3 rings (SSSR count). The Morgan fingerprint density at radius 1 is 1.11 bits per heavy atom. The lowest BCUT2D eigenvalue weighted by molar-refractivity contribution is 1.45. The van der Waals surface area contributed by atoms with Gasteiger partial charge in [-0.2, -0.15) is 0 Å². The van der Waals surface area contributed by atoms with E-state index in [-0.39, 0.29) is 0 Å². The molecule has 4 heteroatoms. The summed E-state index contributed by atoms with van der Waals surface area (Å²) in [5.74, 6) is 0. The molecule has 0 bridgehead atoms. The fourth-order valence-corrected chi connectivity index (χ4v) is 3.07. The van der Waals surface area contributed by atoms with Gasteiger partial charge in [0.2, 0.25) is 0 Å². The van der Waals surface area contributed by atoms with Gasteiger partial charge in [0, 0.05) is 11.4 Å². The molecule has 0 fully saturated rings. The van der Waals surface area contributed by atoms with E-state index in [1.165, 1.54) is 10.3 Å². The second-order valence-corrected chi connectivity index (χ2v) is 5.94. The van der Waals surface area contributed by atoms with E-state index >= 15 is 0 Å². The van der Waals surface area contributed by atoms with Crippen molar-refractivity contribution in [2.75, 3.05) is 5.32 Å². The maximum Gasteiger partial charge on any atom is 0.159 e. The van der Waals surface area contributed by atoms with Gasteiger partial charge in [0.25, 0.3) is 0 Å². The summed E-state index contributed by atoms with van der Waals surface area (Å²) < 4.78 is 2.00. The van der Waals surface area contributed by atoms with Gasteiger partial charge in [-0.25, -0.2) is 0 Å². The van der Waals surface area contributed by atoms with Gasteiger partial charge < -0.3 is 10.3 Å². The molecule has 2 N–H and O–H groups in total. The second-order valence-electron chi connectivity index (χ2n) is 4.22. The van der Waals surface area contributed by atoms with Crippen molar-refractivity contribution in [2.24, 2.45) is 0 Å². The molecule has 0 saturated heterocycles. The van der Waals surface area contributed by atoms with Gasteiger partial charge in [0.15, 0.2) is 3.95 Å². The quantitative estimate of drug-likeness (QED) is 0.642. The fraction of sp³-hybridized carbons (Fsp3) is 0.0714. The summed E-state index contributed by atoms with van der Waals surface area (Å²) in [6.45, 7) is 2.09. The number of nitrogens with one attached hydrogen (secondary N) is 2. The Bertz CT molecular complexity index is 756. The van der Waals surface area contributed by atoms with Gasteiger partial charge in [-0.15, -0.1) is 11.3 Å². The zero-order chi connectivity index (χ0) is 12.5. The molecule has 0 unspecified atom stereocenters. The summed E-state index contributed by atoms with van der Waals surface area (Å²) in [6.07, 6.45) is 0. The van der Waals surface area contributed by atoms with E-state index in [4.69, 9.17) is 12.2 Å². The lowest BCUT2D eigenvalue weighted by Gasteiger charge is -2.06. The third kappa shape index (κ3) is 2.30. The first-order valence-electron chi connectivity index (χ1n) is 5.67. The first-order valence-corrected chi connectivity index (χ1v) is 6.90. The number of anilines is 2. The van der Waals surface area contributed by atoms with Crippen molar-refractivity contribution in [1.82, 2.24) is 4.98 Å². The van der Waals surface area contributed by atoms with Crippen LogP contribution in [0.25, 0.3) is 10.2 Å². The number of rotatable bonds is 2. The Hall–Kier alpha value is -1.65. The molecule has 0 amide bonds. The molecule has 0 aliphatic heterocycles. The van der Waals surface area contributed by atoms with Crippen molar-refractivity contribution in [1.29, 1.82) is 0 Å². The van der Waals surface area contributed by atoms with Crippen molar-refractivity contribution >= 4 is 45.1 Å². The number of aromatic nitrogens is 1. The second kappa shape index (κ2) is 4.55. The van der Waals surface area contributed by atoms with Crippen molar-refractivity contribution in [3.8, 4) is 0 Å². The van der Waals surface area contributed by atoms with Gasteiger partial charge in [0.1, 0.15) is 0 Å². The van der Waals surface area contributed by atoms with Crippen LogP contribution in [0.2, 0.25) is 0 Å². The predicted molar refractivity (Wildman–Crippen MR) is 81.5 cm³/mol. The van der Waals surface area contributed by atoms with E-state index in [0.717, 1.165) is 20.8 Å². The molecule has 0 saturated carbocycles. The number of aromatic amines is 1. The number of hydrogen-bond donors (Lipinski definition) is 2. The fourth-order valence-electron chi connectivity index (χ4n) is 1.91. The van der Waals surface area contributed by atoms with Crippen LogP contribution in [-0.4, -0.2) is 4.98 Å². The van der Waals surface area contributed by atoms with Gasteiger partial charge in [-0.1, -0.05) is 12.1 Å². The normalized spacial score (nSPS) is 10.7. The molecule has 1 aromatic heterocycles. The molecule has 0 aliphatic rings. The van der Waals surface area contributed by atoms with E-state index in [1.807, 2.05) is 0 Å². The summed E-state index contributed by atoms with van der Waals surface area (Å²) in [6, 6.07) is 14.6. The lowest BCUT2D eigenvalue weighted by atomic mass is 10.2. The van der Waals surface area contributed by atoms with Crippen molar-refractivity contribution in [2.45, 2.75) is 6.92 Å². The highest BCUT2D eigenvalue weighted by atomic mass is 32.1. The minimum atomic E-state index is 0.817. The Morgan fingerprint density at radius 3 is 2.78 bits per heavy atom. The maximum atomic E-state index is 5.15. The Labute approximate surface area is 114 Å². The molecule has 3 aromatic rings. The largest absolute Gasteiger partial charge is 0.355 e. The van der Waals surface area contributed by atoms with Crippen molar-refractivity contribution in [3.05, 3.63) is 52.0 Å². The van der Waals surface area contributed by atoms with Crippen molar-refractivity contribution < 1.29 is 0 Å². The Balaban J connectivity index is 1.97. The van der Waals surface area contributed by atoms with Crippen LogP contribution in [0.15, 0.2) is 42.5 Å². The van der Waals surface area contributed by atoms with Crippen LogP contribution in [0.1, 0.15) is 5.56 Å². The zero-order valence-corrected chi connectivity index (χ0v) is 11.5. The highest BCUT2D eigenvalue weighted by Gasteiger charge is 2.00. The summed E-state index contributed by atoms with van der Waals surface area (Å²) in [5, 5.41) is 3.40. The molecule has 0 radical (unpaired) electrons. The number of thiazole rings is 1. The van der Waals surface area contributed by atoms with E-state index in [9.17, 15) is 0 Å². The Kier molecular flexibility index (Phi) is 2.89. The minimum absolute atomic E-state index is 0.817.